The Labute approximate surface area is 113 Å². The maximum Gasteiger partial charge on any atom is 0.123 e. The topological polar surface area (TPSA) is 33.0 Å². The Bertz CT molecular complexity index is 393. The first kappa shape index (κ1) is 13.8. The number of ether oxygens (including phenoxy) is 1. The quantitative estimate of drug-likeness (QED) is 0.338. The zero-order valence-electron chi connectivity index (χ0n) is 9.31. The number of nitriles is 1. The molecule has 0 aromatic carbocycles. The van der Waals surface area contributed by atoms with Gasteiger partial charge < -0.3 is 4.74 Å². The molecule has 0 N–H and O–H groups in total. The van der Waals surface area contributed by atoms with Gasteiger partial charge in [-0.05, 0) is 19.4 Å². The van der Waals surface area contributed by atoms with E-state index in [4.69, 9.17) is 10.00 Å². The van der Waals surface area contributed by atoms with Crippen molar-refractivity contribution in [2.75, 3.05) is 6.61 Å². The van der Waals surface area contributed by atoms with E-state index in [1.807, 2.05) is 19.9 Å². The molecule has 1 rings (SSSR count). The van der Waals surface area contributed by atoms with Crippen LogP contribution in [0, 0.1) is 23.2 Å². The van der Waals surface area contributed by atoms with Gasteiger partial charge in [-0.3, -0.25) is 0 Å². The van der Waals surface area contributed by atoms with Crippen molar-refractivity contribution in [1.82, 2.24) is 0 Å². The van der Waals surface area contributed by atoms with Crippen LogP contribution in [0.15, 0.2) is 11.6 Å². The van der Waals surface area contributed by atoms with Crippen LogP contribution in [-0.4, -0.2) is 15.4 Å². The van der Waals surface area contributed by atoms with E-state index in [9.17, 15) is 0 Å². The molecule has 16 heavy (non-hydrogen) atoms. The predicted molar refractivity (Wildman–Crippen MR) is 71.3 cm³/mol. The van der Waals surface area contributed by atoms with E-state index >= 15 is 0 Å². The lowest BCUT2D eigenvalue weighted by molar-refractivity contribution is 0.0307. The molecule has 2 nitrogen and oxygen atoms in total. The van der Waals surface area contributed by atoms with E-state index < -0.39 is 5.60 Å². The largest absolute Gasteiger partial charge is 0.362 e. The van der Waals surface area contributed by atoms with Crippen molar-refractivity contribution in [2.45, 2.75) is 35.5 Å². The molecule has 0 unspecified atom stereocenters. The summed E-state index contributed by atoms with van der Waals surface area (Å²) in [7, 11) is 0. The van der Waals surface area contributed by atoms with Gasteiger partial charge in [0, 0.05) is 6.42 Å². The molecule has 0 radical (unpaired) electrons. The predicted octanol–water partition coefficient (Wildman–Crippen LogP) is 3.51. The molecule has 0 spiro atoms. The van der Waals surface area contributed by atoms with Gasteiger partial charge in [-0.25, -0.2) is 0 Å². The van der Waals surface area contributed by atoms with Crippen molar-refractivity contribution in [3.63, 3.8) is 0 Å². The number of nitrogens with zero attached hydrogens (tertiary/aromatic N) is 1. The second kappa shape index (κ2) is 5.36. The third-order valence-corrected chi connectivity index (χ3v) is 3.52. The minimum absolute atomic E-state index is 0.0828. The highest BCUT2D eigenvalue weighted by atomic mass is 79.9. The molecule has 0 heterocycles. The van der Waals surface area contributed by atoms with Crippen molar-refractivity contribution in [3.8, 4) is 17.9 Å². The molecule has 1 aliphatic carbocycles. The van der Waals surface area contributed by atoms with E-state index in [0.29, 0.717) is 13.0 Å². The lowest BCUT2D eigenvalue weighted by Crippen LogP contribution is -2.22. The van der Waals surface area contributed by atoms with Gasteiger partial charge in [0.25, 0.3) is 0 Å². The second-order valence-electron chi connectivity index (χ2n) is 4.04. The summed E-state index contributed by atoms with van der Waals surface area (Å²) in [5.74, 6) is 6.15. The zero-order valence-corrected chi connectivity index (χ0v) is 12.5. The Kier molecular flexibility index (Phi) is 4.62. The Balaban J connectivity index is 2.32. The van der Waals surface area contributed by atoms with Crippen molar-refractivity contribution in [1.29, 1.82) is 5.26 Å². The van der Waals surface area contributed by atoms with Gasteiger partial charge in [0.2, 0.25) is 0 Å². The molecule has 0 aliphatic heterocycles. The molecular formula is C12H13Br2NO. The average molecular weight is 347 g/mol. The van der Waals surface area contributed by atoms with E-state index in [2.05, 4.69) is 49.8 Å². The molecule has 1 aliphatic rings. The maximum atomic E-state index is 8.39. The molecule has 0 aromatic rings. The van der Waals surface area contributed by atoms with Crippen molar-refractivity contribution < 1.29 is 4.74 Å². The summed E-state index contributed by atoms with van der Waals surface area (Å²) >= 11 is 6.95. The molecule has 0 saturated carbocycles. The van der Waals surface area contributed by atoms with Crippen molar-refractivity contribution in [2.24, 2.45) is 0 Å². The normalized spacial score (nSPS) is 16.8. The molecule has 0 atom stereocenters. The zero-order chi connectivity index (χ0) is 12.2. The van der Waals surface area contributed by atoms with Gasteiger partial charge in [-0.1, -0.05) is 49.8 Å². The molecule has 0 amide bonds. The summed E-state index contributed by atoms with van der Waals surface area (Å²) in [4.78, 5) is 0. The highest BCUT2D eigenvalue weighted by Crippen LogP contribution is 2.50. The van der Waals surface area contributed by atoms with E-state index in [1.54, 1.807) is 0 Å². The van der Waals surface area contributed by atoms with Gasteiger partial charge >= 0.3 is 0 Å². The minimum atomic E-state index is -0.479. The van der Waals surface area contributed by atoms with Crippen LogP contribution >= 0.6 is 31.9 Å². The average Bonchev–Trinajstić information content (AvgIpc) is 2.74. The lowest BCUT2D eigenvalue weighted by atomic mass is 10.1. The number of alkyl halides is 2. The number of rotatable bonds is 4. The monoisotopic (exact) mass is 345 g/mol. The van der Waals surface area contributed by atoms with Crippen LogP contribution in [0.25, 0.3) is 0 Å². The second-order valence-corrected chi connectivity index (χ2v) is 7.60. The first-order chi connectivity index (χ1) is 7.37. The fourth-order valence-electron chi connectivity index (χ4n) is 1.09. The van der Waals surface area contributed by atoms with Gasteiger partial charge in [-0.15, -0.1) is 0 Å². The third kappa shape index (κ3) is 4.70. The highest BCUT2D eigenvalue weighted by molar-refractivity contribution is 9.26. The van der Waals surface area contributed by atoms with E-state index in [-0.39, 0.29) is 3.23 Å². The molecule has 86 valence electrons. The Morgan fingerprint density at radius 3 is 2.62 bits per heavy atom. The molecule has 0 aromatic heterocycles. The first-order valence-corrected chi connectivity index (χ1v) is 6.57. The minimum Gasteiger partial charge on any atom is -0.362 e. The maximum absolute atomic E-state index is 8.39. The first-order valence-electron chi connectivity index (χ1n) is 4.98. The Hall–Kier alpha value is -0.290. The van der Waals surface area contributed by atoms with Crippen LogP contribution in [0.5, 0.6) is 0 Å². The van der Waals surface area contributed by atoms with Gasteiger partial charge in [-0.2, -0.15) is 5.26 Å². The molecule has 0 fully saturated rings. The van der Waals surface area contributed by atoms with Crippen LogP contribution in [0.3, 0.4) is 0 Å². The third-order valence-electron chi connectivity index (χ3n) is 2.05. The van der Waals surface area contributed by atoms with Crippen molar-refractivity contribution >= 4 is 31.9 Å². The summed E-state index contributed by atoms with van der Waals surface area (Å²) in [6.45, 7) is 4.25. The molecular weight excluding hydrogens is 334 g/mol. The van der Waals surface area contributed by atoms with Crippen LogP contribution < -0.4 is 0 Å². The summed E-state index contributed by atoms with van der Waals surface area (Å²) in [6, 6.07) is 2.04. The Morgan fingerprint density at radius 1 is 1.50 bits per heavy atom. The smallest absolute Gasteiger partial charge is 0.123 e. The van der Waals surface area contributed by atoms with Crippen LogP contribution in [-0.2, 0) is 4.74 Å². The lowest BCUT2D eigenvalue weighted by Gasteiger charge is -2.17. The van der Waals surface area contributed by atoms with E-state index in [1.165, 1.54) is 5.57 Å². The summed E-state index contributed by atoms with van der Waals surface area (Å²) in [5.41, 5.74) is 0.765. The SMILES string of the molecule is CC(C)(C#CCC1=CC1(Br)Br)OCCC#N. The fraction of sp³-hybridized carbons (Fsp3) is 0.583. The van der Waals surface area contributed by atoms with Gasteiger partial charge in [0.15, 0.2) is 0 Å². The van der Waals surface area contributed by atoms with Crippen LogP contribution in [0.4, 0.5) is 0 Å². The number of halogens is 2. The Morgan fingerprint density at radius 2 is 2.12 bits per heavy atom. The van der Waals surface area contributed by atoms with Crippen molar-refractivity contribution in [3.05, 3.63) is 11.6 Å². The van der Waals surface area contributed by atoms with Gasteiger partial charge in [0.1, 0.15) is 8.83 Å². The number of allylic oxidation sites excluding steroid dienone is 2. The number of hydrogen-bond donors (Lipinski definition) is 0. The molecule has 0 bridgehead atoms. The molecule has 0 saturated heterocycles. The fourth-order valence-corrected chi connectivity index (χ4v) is 1.92. The molecule has 4 heteroatoms. The van der Waals surface area contributed by atoms with Crippen LogP contribution in [0.1, 0.15) is 26.7 Å². The summed E-state index contributed by atoms with van der Waals surface area (Å²) in [6.07, 6.45) is 3.22. The standard InChI is InChI=1S/C12H13Br2NO/c1-11(2,16-8-4-7-15)6-3-5-10-9-12(10,13)14/h9H,4-5,8H2,1-2H3. The highest BCUT2D eigenvalue weighted by Gasteiger charge is 2.37. The number of hydrogen-bond acceptors (Lipinski definition) is 2. The summed E-state index contributed by atoms with van der Waals surface area (Å²) in [5, 5.41) is 8.39. The van der Waals surface area contributed by atoms with Gasteiger partial charge in [0.05, 0.1) is 19.1 Å². The summed E-state index contributed by atoms with van der Waals surface area (Å²) < 4.78 is 5.40. The van der Waals surface area contributed by atoms with E-state index in [0.717, 1.165) is 6.42 Å². The van der Waals surface area contributed by atoms with Crippen LogP contribution in [0.2, 0.25) is 0 Å².